The van der Waals surface area contributed by atoms with Crippen LogP contribution in [0.15, 0.2) is 22.7 Å². The molecule has 0 aliphatic rings. The molecule has 1 aromatic carbocycles. The van der Waals surface area contributed by atoms with Gasteiger partial charge in [0.05, 0.1) is 18.0 Å². The van der Waals surface area contributed by atoms with Gasteiger partial charge in [0.25, 0.3) is 0 Å². The van der Waals surface area contributed by atoms with E-state index in [9.17, 15) is 9.18 Å². The zero-order valence-electron chi connectivity index (χ0n) is 10.9. The number of nitrogens with one attached hydrogen (secondary N) is 1. The Kier molecular flexibility index (Phi) is 4.72. The molecule has 1 N–H and O–H groups in total. The SMILES string of the molecule is CCOC(=O)c1c(C)nsc1Nc1cc(Br)ccc1F. The Morgan fingerprint density at radius 3 is 3.00 bits per heavy atom. The molecule has 20 heavy (non-hydrogen) atoms. The van der Waals surface area contributed by atoms with Gasteiger partial charge in [0, 0.05) is 4.47 Å². The third kappa shape index (κ3) is 3.16. The average molecular weight is 359 g/mol. The van der Waals surface area contributed by atoms with Crippen molar-refractivity contribution in [2.75, 3.05) is 11.9 Å². The van der Waals surface area contributed by atoms with E-state index in [0.29, 0.717) is 16.3 Å². The smallest absolute Gasteiger partial charge is 0.343 e. The van der Waals surface area contributed by atoms with Crippen LogP contribution in [0.4, 0.5) is 15.1 Å². The predicted octanol–water partition coefficient (Wildman–Crippen LogP) is 4.27. The third-order valence-corrected chi connectivity index (χ3v) is 3.87. The Bertz CT molecular complexity index is 645. The van der Waals surface area contributed by atoms with Gasteiger partial charge in [-0.1, -0.05) is 15.9 Å². The Morgan fingerprint density at radius 1 is 1.55 bits per heavy atom. The molecule has 2 rings (SSSR count). The first kappa shape index (κ1) is 14.9. The first-order valence-corrected chi connectivity index (χ1v) is 7.45. The lowest BCUT2D eigenvalue weighted by atomic mass is 10.2. The standard InChI is InChI=1S/C13H12BrFN2O2S/c1-3-19-13(18)11-7(2)17-20-12(11)16-10-6-8(14)4-5-9(10)15/h4-6,16H,3H2,1-2H3. The number of rotatable bonds is 4. The molecule has 0 radical (unpaired) electrons. The summed E-state index contributed by atoms with van der Waals surface area (Å²) in [6.07, 6.45) is 0. The van der Waals surface area contributed by atoms with Crippen molar-refractivity contribution < 1.29 is 13.9 Å². The highest BCUT2D eigenvalue weighted by Gasteiger charge is 2.20. The molecule has 0 aliphatic heterocycles. The first-order valence-electron chi connectivity index (χ1n) is 5.88. The zero-order chi connectivity index (χ0) is 14.7. The number of benzene rings is 1. The second-order valence-corrected chi connectivity index (χ2v) is 5.63. The third-order valence-electron chi connectivity index (χ3n) is 2.52. The molecule has 0 amide bonds. The Morgan fingerprint density at radius 2 is 2.30 bits per heavy atom. The number of carbonyl (C=O) groups is 1. The molecule has 4 nitrogen and oxygen atoms in total. The number of anilines is 2. The van der Waals surface area contributed by atoms with Crippen LogP contribution in [0.25, 0.3) is 0 Å². The highest BCUT2D eigenvalue weighted by atomic mass is 79.9. The minimum atomic E-state index is -0.461. The van der Waals surface area contributed by atoms with Crippen LogP contribution >= 0.6 is 27.5 Å². The minimum absolute atomic E-state index is 0.272. The van der Waals surface area contributed by atoms with Crippen LogP contribution in [0.3, 0.4) is 0 Å². The quantitative estimate of drug-likeness (QED) is 0.829. The first-order chi connectivity index (χ1) is 9.52. The van der Waals surface area contributed by atoms with E-state index < -0.39 is 11.8 Å². The summed E-state index contributed by atoms with van der Waals surface area (Å²) in [5.74, 6) is -0.870. The maximum Gasteiger partial charge on any atom is 0.343 e. The van der Waals surface area contributed by atoms with Crippen molar-refractivity contribution >= 4 is 44.1 Å². The van der Waals surface area contributed by atoms with E-state index in [1.54, 1.807) is 26.0 Å². The van der Waals surface area contributed by atoms with Crippen LogP contribution in [0.1, 0.15) is 23.0 Å². The molecule has 1 aromatic heterocycles. The van der Waals surface area contributed by atoms with Crippen LogP contribution in [-0.4, -0.2) is 16.9 Å². The number of hydrogen-bond donors (Lipinski definition) is 1. The van der Waals surface area contributed by atoms with E-state index in [1.165, 1.54) is 6.07 Å². The van der Waals surface area contributed by atoms with Crippen LogP contribution in [-0.2, 0) is 4.74 Å². The lowest BCUT2D eigenvalue weighted by molar-refractivity contribution is 0.0527. The number of halogens is 2. The summed E-state index contributed by atoms with van der Waals surface area (Å²) in [5, 5.41) is 3.36. The number of hydrogen-bond acceptors (Lipinski definition) is 5. The van der Waals surface area contributed by atoms with Gasteiger partial charge in [0.15, 0.2) is 0 Å². The van der Waals surface area contributed by atoms with E-state index in [-0.39, 0.29) is 12.3 Å². The summed E-state index contributed by atoms with van der Waals surface area (Å²) >= 11 is 4.37. The molecule has 0 atom stereocenters. The number of aryl methyl sites for hydroxylation is 1. The molecule has 0 fully saturated rings. The van der Waals surface area contributed by atoms with Gasteiger partial charge in [-0.05, 0) is 43.6 Å². The summed E-state index contributed by atoms with van der Waals surface area (Å²) in [6, 6.07) is 4.54. The fraction of sp³-hybridized carbons (Fsp3) is 0.231. The molecule has 0 saturated heterocycles. The van der Waals surface area contributed by atoms with Crippen molar-refractivity contribution in [2.24, 2.45) is 0 Å². The minimum Gasteiger partial charge on any atom is -0.462 e. The number of carbonyl (C=O) groups excluding carboxylic acids is 1. The van der Waals surface area contributed by atoms with Gasteiger partial charge >= 0.3 is 5.97 Å². The van der Waals surface area contributed by atoms with Crippen LogP contribution in [0.2, 0.25) is 0 Å². The van der Waals surface area contributed by atoms with Gasteiger partial charge in [0.2, 0.25) is 0 Å². The molecule has 0 bridgehead atoms. The van der Waals surface area contributed by atoms with Gasteiger partial charge < -0.3 is 10.1 Å². The van der Waals surface area contributed by atoms with Crippen molar-refractivity contribution in [3.63, 3.8) is 0 Å². The molecule has 0 aliphatic carbocycles. The maximum atomic E-state index is 13.7. The van der Waals surface area contributed by atoms with Crippen LogP contribution in [0.5, 0.6) is 0 Å². The van der Waals surface area contributed by atoms with Crippen LogP contribution in [0, 0.1) is 12.7 Å². The number of nitrogens with zero attached hydrogens (tertiary/aromatic N) is 1. The predicted molar refractivity (Wildman–Crippen MR) is 80.2 cm³/mol. The van der Waals surface area contributed by atoms with Crippen LogP contribution < -0.4 is 5.32 Å². The zero-order valence-corrected chi connectivity index (χ0v) is 13.3. The Labute approximate surface area is 128 Å². The Hall–Kier alpha value is -1.47. The molecule has 106 valence electrons. The Balaban J connectivity index is 2.34. The average Bonchev–Trinajstić information content (AvgIpc) is 2.75. The molecular formula is C13H12BrFN2O2S. The van der Waals surface area contributed by atoms with Gasteiger partial charge in [0.1, 0.15) is 16.4 Å². The summed E-state index contributed by atoms with van der Waals surface area (Å²) < 4.78 is 23.6. The molecule has 2 aromatic rings. The summed E-state index contributed by atoms with van der Waals surface area (Å²) in [6.45, 7) is 3.72. The van der Waals surface area contributed by atoms with Crippen molar-refractivity contribution in [3.05, 3.63) is 39.7 Å². The monoisotopic (exact) mass is 358 g/mol. The van der Waals surface area contributed by atoms with Crippen molar-refractivity contribution in [2.45, 2.75) is 13.8 Å². The van der Waals surface area contributed by atoms with E-state index >= 15 is 0 Å². The van der Waals surface area contributed by atoms with Gasteiger partial charge in [-0.25, -0.2) is 9.18 Å². The highest BCUT2D eigenvalue weighted by Crippen LogP contribution is 2.31. The number of esters is 1. The molecular weight excluding hydrogens is 347 g/mol. The lowest BCUT2D eigenvalue weighted by Crippen LogP contribution is -2.07. The van der Waals surface area contributed by atoms with E-state index in [2.05, 4.69) is 25.6 Å². The summed E-state index contributed by atoms with van der Waals surface area (Å²) in [4.78, 5) is 11.9. The molecule has 0 spiro atoms. The van der Waals surface area contributed by atoms with Gasteiger partial charge in [-0.15, -0.1) is 0 Å². The summed E-state index contributed by atoms with van der Waals surface area (Å²) in [7, 11) is 0. The van der Waals surface area contributed by atoms with Gasteiger partial charge in [-0.3, -0.25) is 0 Å². The number of aromatic nitrogens is 1. The molecule has 0 saturated carbocycles. The molecule has 1 heterocycles. The maximum absolute atomic E-state index is 13.7. The van der Waals surface area contributed by atoms with Gasteiger partial charge in [-0.2, -0.15) is 4.37 Å². The fourth-order valence-electron chi connectivity index (χ4n) is 1.61. The van der Waals surface area contributed by atoms with Crippen molar-refractivity contribution in [1.29, 1.82) is 0 Å². The van der Waals surface area contributed by atoms with E-state index in [0.717, 1.165) is 16.0 Å². The van der Waals surface area contributed by atoms with Crippen molar-refractivity contribution in [1.82, 2.24) is 4.37 Å². The fourth-order valence-corrected chi connectivity index (χ4v) is 2.77. The molecule has 7 heteroatoms. The van der Waals surface area contributed by atoms with E-state index in [4.69, 9.17) is 4.74 Å². The van der Waals surface area contributed by atoms with Crippen molar-refractivity contribution in [3.8, 4) is 0 Å². The topological polar surface area (TPSA) is 51.2 Å². The number of ether oxygens (including phenoxy) is 1. The lowest BCUT2D eigenvalue weighted by Gasteiger charge is -2.08. The largest absolute Gasteiger partial charge is 0.462 e. The second-order valence-electron chi connectivity index (χ2n) is 3.94. The second kappa shape index (κ2) is 6.32. The highest BCUT2D eigenvalue weighted by molar-refractivity contribution is 9.10. The molecule has 0 unspecified atom stereocenters. The normalized spacial score (nSPS) is 10.4. The summed E-state index contributed by atoms with van der Waals surface area (Å²) in [5.41, 5.74) is 1.18. The van der Waals surface area contributed by atoms with E-state index in [1.807, 2.05) is 0 Å².